The fourth-order valence-electron chi connectivity index (χ4n) is 1.89. The minimum atomic E-state index is -4.55. The van der Waals surface area contributed by atoms with Gasteiger partial charge in [-0.1, -0.05) is 0 Å². The van der Waals surface area contributed by atoms with Crippen LogP contribution in [0.4, 0.5) is 13.2 Å². The predicted molar refractivity (Wildman–Crippen MR) is 59.5 cm³/mol. The molecule has 0 aromatic carbocycles. The van der Waals surface area contributed by atoms with E-state index in [-0.39, 0.29) is 11.6 Å². The lowest BCUT2D eigenvalue weighted by Crippen LogP contribution is -2.30. The number of aromatic nitrogens is 2. The van der Waals surface area contributed by atoms with E-state index >= 15 is 0 Å². The number of ether oxygens (including phenoxy) is 1. The van der Waals surface area contributed by atoms with E-state index in [4.69, 9.17) is 4.74 Å². The summed E-state index contributed by atoms with van der Waals surface area (Å²) in [7, 11) is 1.31. The van der Waals surface area contributed by atoms with Crippen molar-refractivity contribution in [2.45, 2.75) is 12.6 Å². The number of carbonyl (C=O) groups is 1. The topological polar surface area (TPSA) is 56.2 Å². The fourth-order valence-corrected chi connectivity index (χ4v) is 1.89. The second-order valence-electron chi connectivity index (χ2n) is 4.48. The molecule has 0 aliphatic carbocycles. The first-order valence-electron chi connectivity index (χ1n) is 5.85. The lowest BCUT2D eigenvalue weighted by molar-refractivity contribution is -0.141. The molecular formula is C11H14F3N3O2. The third-order valence-electron chi connectivity index (χ3n) is 2.98. The SMILES string of the molecule is Cn1nc(C(F)(F)F)cc1C(=O)NC[C@@H]1CCOC1. The Labute approximate surface area is 107 Å². The lowest BCUT2D eigenvalue weighted by Gasteiger charge is -2.09. The zero-order valence-corrected chi connectivity index (χ0v) is 10.3. The Hall–Kier alpha value is -1.57. The minimum absolute atomic E-state index is 0.105. The van der Waals surface area contributed by atoms with Crippen LogP contribution in [0.5, 0.6) is 0 Å². The molecule has 0 unspecified atom stereocenters. The molecule has 8 heteroatoms. The van der Waals surface area contributed by atoms with Gasteiger partial charge >= 0.3 is 6.18 Å². The lowest BCUT2D eigenvalue weighted by atomic mass is 10.1. The summed E-state index contributed by atoms with van der Waals surface area (Å²) in [6, 6.07) is 0.750. The summed E-state index contributed by atoms with van der Waals surface area (Å²) in [6.07, 6.45) is -3.70. The number of hydrogen-bond donors (Lipinski definition) is 1. The Bertz CT molecular complexity index is 464. The van der Waals surface area contributed by atoms with Crippen LogP contribution in [0.1, 0.15) is 22.6 Å². The molecule has 1 N–H and O–H groups in total. The number of halogens is 3. The van der Waals surface area contributed by atoms with E-state index in [9.17, 15) is 18.0 Å². The quantitative estimate of drug-likeness (QED) is 0.903. The molecule has 0 spiro atoms. The molecule has 1 amide bonds. The Morgan fingerprint density at radius 1 is 1.63 bits per heavy atom. The summed E-state index contributed by atoms with van der Waals surface area (Å²) < 4.78 is 43.4. The van der Waals surface area contributed by atoms with E-state index < -0.39 is 17.8 Å². The maximum atomic E-state index is 12.5. The van der Waals surface area contributed by atoms with Crippen LogP contribution in [0, 0.1) is 5.92 Å². The summed E-state index contributed by atoms with van der Waals surface area (Å²) >= 11 is 0. The molecule has 0 radical (unpaired) electrons. The van der Waals surface area contributed by atoms with Crippen LogP contribution >= 0.6 is 0 Å². The van der Waals surface area contributed by atoms with Crippen molar-refractivity contribution in [3.8, 4) is 0 Å². The number of carbonyl (C=O) groups excluding carboxylic acids is 1. The van der Waals surface area contributed by atoms with E-state index in [1.54, 1.807) is 0 Å². The van der Waals surface area contributed by atoms with E-state index in [2.05, 4.69) is 10.4 Å². The maximum absolute atomic E-state index is 12.5. The largest absolute Gasteiger partial charge is 0.435 e. The van der Waals surface area contributed by atoms with Crippen molar-refractivity contribution in [2.24, 2.45) is 13.0 Å². The monoisotopic (exact) mass is 277 g/mol. The molecule has 1 fully saturated rings. The average molecular weight is 277 g/mol. The smallest absolute Gasteiger partial charge is 0.381 e. The average Bonchev–Trinajstić information content (AvgIpc) is 2.93. The number of nitrogens with zero attached hydrogens (tertiary/aromatic N) is 2. The molecule has 1 aliphatic rings. The van der Waals surface area contributed by atoms with Gasteiger partial charge in [0.25, 0.3) is 5.91 Å². The first-order valence-corrected chi connectivity index (χ1v) is 5.85. The standard InChI is InChI=1S/C11H14F3N3O2/c1-17-8(4-9(16-17)11(12,13)14)10(18)15-5-7-2-3-19-6-7/h4,7H,2-3,5-6H2,1H3,(H,15,18)/t7-/m0/s1. The van der Waals surface area contributed by atoms with Crippen molar-refractivity contribution in [1.82, 2.24) is 15.1 Å². The van der Waals surface area contributed by atoms with Crippen LogP contribution in [-0.2, 0) is 18.0 Å². The Morgan fingerprint density at radius 2 is 2.37 bits per heavy atom. The van der Waals surface area contributed by atoms with Gasteiger partial charge in [0, 0.05) is 32.2 Å². The van der Waals surface area contributed by atoms with Crippen molar-refractivity contribution >= 4 is 5.91 Å². The van der Waals surface area contributed by atoms with Crippen LogP contribution in [0.2, 0.25) is 0 Å². The van der Waals surface area contributed by atoms with Gasteiger partial charge in [-0.2, -0.15) is 18.3 Å². The predicted octanol–water partition coefficient (Wildman–Crippen LogP) is 1.21. The molecule has 19 heavy (non-hydrogen) atoms. The first kappa shape index (κ1) is 13.9. The molecule has 1 aromatic rings. The Morgan fingerprint density at radius 3 is 2.89 bits per heavy atom. The van der Waals surface area contributed by atoms with Crippen molar-refractivity contribution < 1.29 is 22.7 Å². The summed E-state index contributed by atoms with van der Waals surface area (Å²) in [4.78, 5) is 11.8. The van der Waals surface area contributed by atoms with Crippen molar-refractivity contribution in [3.63, 3.8) is 0 Å². The summed E-state index contributed by atoms with van der Waals surface area (Å²) in [5.41, 5.74) is -1.17. The van der Waals surface area contributed by atoms with E-state index in [0.717, 1.165) is 17.2 Å². The molecule has 1 aliphatic heterocycles. The van der Waals surface area contributed by atoms with Crippen molar-refractivity contribution in [3.05, 3.63) is 17.5 Å². The van der Waals surface area contributed by atoms with Crippen molar-refractivity contribution in [2.75, 3.05) is 19.8 Å². The van der Waals surface area contributed by atoms with E-state index in [0.29, 0.717) is 19.8 Å². The molecule has 2 heterocycles. The zero-order chi connectivity index (χ0) is 14.0. The summed E-state index contributed by atoms with van der Waals surface area (Å²) in [5, 5.41) is 5.89. The summed E-state index contributed by atoms with van der Waals surface area (Å²) in [5.74, 6) is -0.336. The molecular weight excluding hydrogens is 263 g/mol. The van der Waals surface area contributed by atoms with Crippen LogP contribution in [0.25, 0.3) is 0 Å². The minimum Gasteiger partial charge on any atom is -0.381 e. The van der Waals surface area contributed by atoms with Gasteiger partial charge in [0.1, 0.15) is 5.69 Å². The maximum Gasteiger partial charge on any atom is 0.435 e. The van der Waals surface area contributed by atoms with Crippen LogP contribution in [0.3, 0.4) is 0 Å². The highest BCUT2D eigenvalue weighted by molar-refractivity contribution is 5.92. The van der Waals surface area contributed by atoms with Crippen LogP contribution < -0.4 is 5.32 Å². The molecule has 1 atom stereocenters. The third-order valence-corrected chi connectivity index (χ3v) is 2.98. The molecule has 1 aromatic heterocycles. The second-order valence-corrected chi connectivity index (χ2v) is 4.48. The molecule has 0 saturated carbocycles. The molecule has 5 nitrogen and oxygen atoms in total. The van der Waals surface area contributed by atoms with Gasteiger partial charge in [-0.25, -0.2) is 0 Å². The normalized spacial score (nSPS) is 19.7. The molecule has 106 valence electrons. The number of amides is 1. The first-order chi connectivity index (χ1) is 8.88. The van der Waals surface area contributed by atoms with E-state index in [1.807, 2.05) is 0 Å². The third kappa shape index (κ3) is 3.25. The van der Waals surface area contributed by atoms with Crippen LogP contribution in [-0.4, -0.2) is 35.4 Å². The molecule has 1 saturated heterocycles. The highest BCUT2D eigenvalue weighted by Gasteiger charge is 2.35. The second kappa shape index (κ2) is 5.20. The Balaban J connectivity index is 2.00. The number of hydrogen-bond acceptors (Lipinski definition) is 3. The number of aryl methyl sites for hydroxylation is 1. The number of nitrogens with one attached hydrogen (secondary N) is 1. The van der Waals surface area contributed by atoms with Crippen LogP contribution in [0.15, 0.2) is 6.07 Å². The zero-order valence-electron chi connectivity index (χ0n) is 10.3. The van der Waals surface area contributed by atoms with Gasteiger partial charge in [-0.05, 0) is 6.42 Å². The number of alkyl halides is 3. The van der Waals surface area contributed by atoms with Gasteiger partial charge in [0.05, 0.1) is 6.61 Å². The van der Waals surface area contributed by atoms with Gasteiger partial charge < -0.3 is 10.1 Å². The van der Waals surface area contributed by atoms with Gasteiger partial charge in [-0.15, -0.1) is 0 Å². The molecule has 2 rings (SSSR count). The van der Waals surface area contributed by atoms with E-state index in [1.165, 1.54) is 7.05 Å². The van der Waals surface area contributed by atoms with Crippen molar-refractivity contribution in [1.29, 1.82) is 0 Å². The van der Waals surface area contributed by atoms with Gasteiger partial charge in [0.2, 0.25) is 0 Å². The Kier molecular flexibility index (Phi) is 3.79. The molecule has 0 bridgehead atoms. The fraction of sp³-hybridized carbons (Fsp3) is 0.636. The summed E-state index contributed by atoms with van der Waals surface area (Å²) in [6.45, 7) is 1.62. The highest BCUT2D eigenvalue weighted by Crippen LogP contribution is 2.28. The van der Waals surface area contributed by atoms with Gasteiger partial charge in [-0.3, -0.25) is 9.48 Å². The number of rotatable bonds is 3. The highest BCUT2D eigenvalue weighted by atomic mass is 19.4. The van der Waals surface area contributed by atoms with Gasteiger partial charge in [0.15, 0.2) is 5.69 Å².